The van der Waals surface area contributed by atoms with Crippen molar-refractivity contribution in [1.29, 1.82) is 0 Å². The zero-order valence-corrected chi connectivity index (χ0v) is 11.1. The number of carbonyl (C=O) groups excluding carboxylic acids is 1. The Labute approximate surface area is 105 Å². The summed E-state index contributed by atoms with van der Waals surface area (Å²) in [6, 6.07) is 10.3. The number of hydrogen-bond acceptors (Lipinski definition) is 1. The van der Waals surface area contributed by atoms with E-state index in [1.807, 2.05) is 18.2 Å². The first-order chi connectivity index (χ1) is 8.27. The highest BCUT2D eigenvalue weighted by atomic mass is 16.1. The van der Waals surface area contributed by atoms with Gasteiger partial charge in [-0.15, -0.1) is 0 Å². The number of ketones is 1. The van der Waals surface area contributed by atoms with Crippen LogP contribution in [0.1, 0.15) is 51.5 Å². The van der Waals surface area contributed by atoms with Crippen LogP contribution in [0.5, 0.6) is 0 Å². The lowest BCUT2D eigenvalue weighted by Crippen LogP contribution is -2.15. The molecule has 1 rings (SSSR count). The van der Waals surface area contributed by atoms with Crippen LogP contribution in [0.4, 0.5) is 0 Å². The van der Waals surface area contributed by atoms with E-state index in [9.17, 15) is 4.79 Å². The molecule has 0 aliphatic carbocycles. The second kappa shape index (κ2) is 8.05. The number of carbonyl (C=O) groups is 1. The molecule has 94 valence electrons. The lowest BCUT2D eigenvalue weighted by atomic mass is 9.90. The average molecular weight is 232 g/mol. The van der Waals surface area contributed by atoms with Gasteiger partial charge in [-0.3, -0.25) is 4.79 Å². The minimum absolute atomic E-state index is 0.300. The van der Waals surface area contributed by atoms with Crippen molar-refractivity contribution in [2.75, 3.05) is 0 Å². The third-order valence-electron chi connectivity index (χ3n) is 3.23. The Morgan fingerprint density at radius 2 is 1.65 bits per heavy atom. The molecule has 0 aliphatic heterocycles. The fourth-order valence-electron chi connectivity index (χ4n) is 2.28. The molecule has 0 aromatic heterocycles. The molecular weight excluding hydrogens is 208 g/mol. The Morgan fingerprint density at radius 3 is 2.18 bits per heavy atom. The fraction of sp³-hybridized carbons (Fsp3) is 0.562. The lowest BCUT2D eigenvalue weighted by molar-refractivity contribution is -0.123. The van der Waals surface area contributed by atoms with Gasteiger partial charge in [-0.05, 0) is 24.8 Å². The number of aryl methyl sites for hydroxylation is 1. The summed E-state index contributed by atoms with van der Waals surface area (Å²) in [4.78, 5) is 12.1. The maximum Gasteiger partial charge on any atom is 0.136 e. The van der Waals surface area contributed by atoms with Crippen LogP contribution < -0.4 is 0 Å². The molecule has 0 saturated carbocycles. The van der Waals surface area contributed by atoms with Crippen LogP contribution >= 0.6 is 0 Å². The van der Waals surface area contributed by atoms with Gasteiger partial charge in [0.25, 0.3) is 0 Å². The molecule has 17 heavy (non-hydrogen) atoms. The van der Waals surface area contributed by atoms with Gasteiger partial charge in [0.15, 0.2) is 0 Å². The van der Waals surface area contributed by atoms with Crippen molar-refractivity contribution in [2.24, 2.45) is 5.92 Å². The quantitative estimate of drug-likeness (QED) is 0.649. The number of Topliss-reactive ketones (excluding diaryl/α,β-unsaturated/α-hetero) is 1. The first-order valence-electron chi connectivity index (χ1n) is 6.84. The Balaban J connectivity index is 2.41. The van der Waals surface area contributed by atoms with E-state index in [1.165, 1.54) is 5.56 Å². The van der Waals surface area contributed by atoms with Crippen LogP contribution in [0.3, 0.4) is 0 Å². The van der Waals surface area contributed by atoms with Gasteiger partial charge in [-0.1, -0.05) is 57.0 Å². The van der Waals surface area contributed by atoms with E-state index in [2.05, 4.69) is 26.0 Å². The molecule has 1 nitrogen and oxygen atoms in total. The Kier molecular flexibility index (Phi) is 6.61. The zero-order valence-electron chi connectivity index (χ0n) is 11.1. The van der Waals surface area contributed by atoms with Gasteiger partial charge in [-0.25, -0.2) is 0 Å². The summed E-state index contributed by atoms with van der Waals surface area (Å²) < 4.78 is 0. The van der Waals surface area contributed by atoms with Gasteiger partial charge in [0, 0.05) is 12.3 Å². The fourth-order valence-corrected chi connectivity index (χ4v) is 2.28. The Morgan fingerprint density at radius 1 is 1.06 bits per heavy atom. The number of benzene rings is 1. The molecule has 1 heteroatoms. The minimum Gasteiger partial charge on any atom is -0.299 e. The molecule has 0 saturated heterocycles. The van der Waals surface area contributed by atoms with Crippen molar-refractivity contribution in [2.45, 2.75) is 52.4 Å². The second-order valence-electron chi connectivity index (χ2n) is 4.73. The van der Waals surface area contributed by atoms with Crippen LogP contribution in [0.25, 0.3) is 0 Å². The van der Waals surface area contributed by atoms with Gasteiger partial charge in [0.05, 0.1) is 0 Å². The normalized spacial score (nSPS) is 10.8. The highest BCUT2D eigenvalue weighted by Crippen LogP contribution is 2.17. The van der Waals surface area contributed by atoms with E-state index < -0.39 is 0 Å². The second-order valence-corrected chi connectivity index (χ2v) is 4.73. The van der Waals surface area contributed by atoms with Gasteiger partial charge in [-0.2, -0.15) is 0 Å². The highest BCUT2D eigenvalue weighted by Gasteiger charge is 2.15. The van der Waals surface area contributed by atoms with Crippen molar-refractivity contribution in [3.05, 3.63) is 35.9 Å². The number of rotatable bonds is 8. The summed E-state index contributed by atoms with van der Waals surface area (Å²) in [7, 11) is 0. The van der Waals surface area contributed by atoms with E-state index in [1.54, 1.807) is 0 Å². The SMILES string of the molecule is CCCC(CCC)C(=O)CCc1ccccc1. The molecule has 0 amide bonds. The molecule has 0 heterocycles. The minimum atomic E-state index is 0.300. The van der Waals surface area contributed by atoms with Gasteiger partial charge in [0.1, 0.15) is 5.78 Å². The first kappa shape index (κ1) is 14.0. The predicted octanol–water partition coefficient (Wildman–Crippen LogP) is 4.40. The summed E-state index contributed by atoms with van der Waals surface area (Å²) in [6.07, 6.45) is 5.94. The molecule has 0 radical (unpaired) electrons. The van der Waals surface area contributed by atoms with Crippen LogP contribution in [-0.4, -0.2) is 5.78 Å². The Hall–Kier alpha value is -1.11. The topological polar surface area (TPSA) is 17.1 Å². The summed E-state index contributed by atoms with van der Waals surface area (Å²) in [5.74, 6) is 0.756. The monoisotopic (exact) mass is 232 g/mol. The standard InChI is InChI=1S/C16H24O/c1-3-8-15(9-4-2)16(17)13-12-14-10-6-5-7-11-14/h5-7,10-11,15H,3-4,8-9,12-13H2,1-2H3. The summed E-state index contributed by atoms with van der Waals surface area (Å²) >= 11 is 0. The van der Waals surface area contributed by atoms with Crippen LogP contribution in [0.15, 0.2) is 30.3 Å². The molecule has 1 aromatic carbocycles. The molecule has 0 bridgehead atoms. The van der Waals surface area contributed by atoms with Crippen LogP contribution in [0.2, 0.25) is 0 Å². The zero-order chi connectivity index (χ0) is 12.5. The van der Waals surface area contributed by atoms with E-state index in [0.29, 0.717) is 18.1 Å². The summed E-state index contributed by atoms with van der Waals surface area (Å²) in [5, 5.41) is 0. The van der Waals surface area contributed by atoms with E-state index >= 15 is 0 Å². The highest BCUT2D eigenvalue weighted by molar-refractivity contribution is 5.81. The number of hydrogen-bond donors (Lipinski definition) is 0. The summed E-state index contributed by atoms with van der Waals surface area (Å²) in [6.45, 7) is 4.32. The van der Waals surface area contributed by atoms with Crippen molar-refractivity contribution in [3.8, 4) is 0 Å². The Bertz CT molecular complexity index is 310. The molecule has 0 aliphatic rings. The average Bonchev–Trinajstić information content (AvgIpc) is 2.37. The van der Waals surface area contributed by atoms with E-state index in [-0.39, 0.29) is 0 Å². The largest absolute Gasteiger partial charge is 0.299 e. The van der Waals surface area contributed by atoms with Crippen LogP contribution in [-0.2, 0) is 11.2 Å². The molecule has 0 atom stereocenters. The van der Waals surface area contributed by atoms with Crippen molar-refractivity contribution < 1.29 is 4.79 Å². The van der Waals surface area contributed by atoms with Crippen molar-refractivity contribution >= 4 is 5.78 Å². The predicted molar refractivity (Wildman–Crippen MR) is 73.1 cm³/mol. The summed E-state index contributed by atoms with van der Waals surface area (Å²) in [5.41, 5.74) is 1.27. The van der Waals surface area contributed by atoms with Gasteiger partial charge < -0.3 is 0 Å². The lowest BCUT2D eigenvalue weighted by Gasteiger charge is -2.13. The third-order valence-corrected chi connectivity index (χ3v) is 3.23. The van der Waals surface area contributed by atoms with Gasteiger partial charge in [0.2, 0.25) is 0 Å². The molecule has 0 unspecified atom stereocenters. The molecule has 0 spiro atoms. The van der Waals surface area contributed by atoms with Crippen molar-refractivity contribution in [3.63, 3.8) is 0 Å². The molecule has 0 fully saturated rings. The third kappa shape index (κ3) is 5.16. The first-order valence-corrected chi connectivity index (χ1v) is 6.84. The molecular formula is C16H24O. The van der Waals surface area contributed by atoms with E-state index in [4.69, 9.17) is 0 Å². The maximum atomic E-state index is 12.1. The van der Waals surface area contributed by atoms with E-state index in [0.717, 1.165) is 32.1 Å². The van der Waals surface area contributed by atoms with Gasteiger partial charge >= 0.3 is 0 Å². The maximum absolute atomic E-state index is 12.1. The van der Waals surface area contributed by atoms with Crippen molar-refractivity contribution in [1.82, 2.24) is 0 Å². The van der Waals surface area contributed by atoms with Crippen LogP contribution in [0, 0.1) is 5.92 Å². The smallest absolute Gasteiger partial charge is 0.136 e. The molecule has 0 N–H and O–H groups in total. The molecule has 1 aromatic rings.